The fraction of sp³-hybridized carbons (Fsp3) is 0.727. The molecule has 0 bridgehead atoms. The average molecular weight is 205 g/mol. The Kier molecular flexibility index (Phi) is 15.7. The van der Waals surface area contributed by atoms with Gasteiger partial charge in [-0.05, 0) is 25.7 Å². The normalized spacial score (nSPS) is 9.14. The van der Waals surface area contributed by atoms with Crippen LogP contribution in [0.5, 0.6) is 0 Å². The molecule has 1 amide bonds. The van der Waals surface area contributed by atoms with Gasteiger partial charge in [0.1, 0.15) is 0 Å². The summed E-state index contributed by atoms with van der Waals surface area (Å²) in [7, 11) is 0. The molecule has 0 fully saturated rings. The molecule has 0 aromatic carbocycles. The molecule has 0 unspecified atom stereocenters. The number of nitrogens with one attached hydrogen (secondary N) is 1. The van der Waals surface area contributed by atoms with Gasteiger partial charge in [0.05, 0.1) is 0 Å². The molecule has 0 atom stereocenters. The Morgan fingerprint density at radius 2 is 1.57 bits per heavy atom. The molecule has 0 saturated heterocycles. The number of unbranched alkanes of at least 4 members (excludes halogenated alkanes) is 6. The van der Waals surface area contributed by atoms with Crippen molar-refractivity contribution in [2.24, 2.45) is 0 Å². The summed E-state index contributed by atoms with van der Waals surface area (Å²) >= 11 is 0. The second-order valence-corrected chi connectivity index (χ2v) is 3.37. The van der Waals surface area contributed by atoms with E-state index in [9.17, 15) is 4.79 Å². The van der Waals surface area contributed by atoms with Crippen molar-refractivity contribution < 1.29 is 34.4 Å². The number of hydrogen-bond acceptors (Lipinski definition) is 1. The van der Waals surface area contributed by atoms with E-state index in [4.69, 9.17) is 5.73 Å². The third-order valence-electron chi connectivity index (χ3n) is 2.06. The fourth-order valence-electron chi connectivity index (χ4n) is 1.28. The van der Waals surface area contributed by atoms with Crippen molar-refractivity contribution in [3.05, 3.63) is 18.4 Å². The van der Waals surface area contributed by atoms with Crippen LogP contribution in [0.3, 0.4) is 0 Å². The molecule has 0 aliphatic carbocycles. The Balaban J connectivity index is 0. The van der Waals surface area contributed by atoms with E-state index in [1.165, 1.54) is 25.7 Å². The molecule has 0 spiro atoms. The van der Waals surface area contributed by atoms with Crippen LogP contribution in [0.15, 0.2) is 12.7 Å². The summed E-state index contributed by atoms with van der Waals surface area (Å²) in [6, 6.07) is 0. The molecule has 1 N–H and O–H groups in total. The van der Waals surface area contributed by atoms with Crippen LogP contribution in [0.4, 0.5) is 0 Å². The van der Waals surface area contributed by atoms with Crippen molar-refractivity contribution in [1.82, 2.24) is 0 Å². The first-order valence-electron chi connectivity index (χ1n) is 5.12. The monoisotopic (exact) mass is 205 g/mol. The molecule has 0 radical (unpaired) electrons. The molecule has 0 saturated carbocycles. The third kappa shape index (κ3) is 14.7. The van der Waals surface area contributed by atoms with Crippen LogP contribution in [0.1, 0.15) is 51.4 Å². The molecular weight excluding hydrogens is 185 g/mol. The molecule has 0 aromatic heterocycles. The van der Waals surface area contributed by atoms with Gasteiger partial charge in [0, 0.05) is 5.91 Å². The summed E-state index contributed by atoms with van der Waals surface area (Å²) in [5.74, 6) is -0.424. The zero-order valence-corrected chi connectivity index (χ0v) is 11.3. The van der Waals surface area contributed by atoms with Crippen molar-refractivity contribution in [2.45, 2.75) is 51.4 Å². The van der Waals surface area contributed by atoms with E-state index < -0.39 is 5.91 Å². The van der Waals surface area contributed by atoms with E-state index in [-0.39, 0.29) is 29.6 Å². The maximum Gasteiger partial charge on any atom is 1.00 e. The number of amides is 1. The largest absolute Gasteiger partial charge is 1.00 e. The van der Waals surface area contributed by atoms with Gasteiger partial charge in [0.15, 0.2) is 0 Å². The second-order valence-electron chi connectivity index (χ2n) is 3.37. The molecule has 0 heterocycles. The molecular formula is C11H20NNaO. The number of allylic oxidation sites excluding steroid dienone is 1. The second kappa shape index (κ2) is 13.2. The van der Waals surface area contributed by atoms with Gasteiger partial charge in [-0.3, -0.25) is 0 Å². The summed E-state index contributed by atoms with van der Waals surface area (Å²) in [6.07, 6.45) is 10.4. The van der Waals surface area contributed by atoms with Crippen LogP contribution in [0, 0.1) is 0 Å². The van der Waals surface area contributed by atoms with Gasteiger partial charge in [-0.1, -0.05) is 31.8 Å². The number of carbonyl (C=O) groups excluding carboxylic acids is 1. The van der Waals surface area contributed by atoms with Gasteiger partial charge < -0.3 is 10.5 Å². The number of carbonyl (C=O) groups is 1. The Morgan fingerprint density at radius 3 is 2.07 bits per heavy atom. The quantitative estimate of drug-likeness (QED) is 0.313. The Hall–Kier alpha value is 0.210. The number of hydrogen-bond donors (Lipinski definition) is 0. The van der Waals surface area contributed by atoms with E-state index in [2.05, 4.69) is 6.58 Å². The van der Waals surface area contributed by atoms with Gasteiger partial charge in [0.2, 0.25) is 0 Å². The van der Waals surface area contributed by atoms with Crippen LogP contribution in [0.25, 0.3) is 5.73 Å². The average Bonchev–Trinajstić information content (AvgIpc) is 2.09. The van der Waals surface area contributed by atoms with E-state index in [1.807, 2.05) is 6.08 Å². The predicted octanol–water partition coefficient (Wildman–Crippen LogP) is 0.876. The first-order chi connectivity index (χ1) is 6.27. The van der Waals surface area contributed by atoms with Gasteiger partial charge in [-0.25, -0.2) is 0 Å². The molecule has 76 valence electrons. The number of rotatable bonds is 9. The van der Waals surface area contributed by atoms with E-state index in [0.717, 1.165) is 19.3 Å². The summed E-state index contributed by atoms with van der Waals surface area (Å²) in [5, 5.41) is 0. The molecule has 0 aliphatic rings. The Morgan fingerprint density at radius 1 is 1.07 bits per heavy atom. The SMILES string of the molecule is C=CCCCCCCCCC([NH-])=O.[Na+]. The zero-order valence-electron chi connectivity index (χ0n) is 9.35. The maximum absolute atomic E-state index is 10.3. The van der Waals surface area contributed by atoms with Crippen molar-refractivity contribution >= 4 is 5.91 Å². The predicted molar refractivity (Wildman–Crippen MR) is 56.5 cm³/mol. The molecule has 2 nitrogen and oxygen atoms in total. The summed E-state index contributed by atoms with van der Waals surface area (Å²) in [5.41, 5.74) is 6.70. The Bertz CT molecular complexity index is 148. The fourth-order valence-corrected chi connectivity index (χ4v) is 1.28. The summed E-state index contributed by atoms with van der Waals surface area (Å²) in [4.78, 5) is 10.3. The third-order valence-corrected chi connectivity index (χ3v) is 2.06. The van der Waals surface area contributed by atoms with Gasteiger partial charge in [0.25, 0.3) is 0 Å². The van der Waals surface area contributed by atoms with Crippen LogP contribution in [-0.2, 0) is 4.79 Å². The van der Waals surface area contributed by atoms with Gasteiger partial charge >= 0.3 is 29.6 Å². The van der Waals surface area contributed by atoms with Crippen molar-refractivity contribution in [2.75, 3.05) is 0 Å². The van der Waals surface area contributed by atoms with Crippen LogP contribution >= 0.6 is 0 Å². The smallest absolute Gasteiger partial charge is 0.668 e. The first-order valence-corrected chi connectivity index (χ1v) is 5.12. The van der Waals surface area contributed by atoms with Crippen molar-refractivity contribution in [3.63, 3.8) is 0 Å². The minimum atomic E-state index is -0.424. The van der Waals surface area contributed by atoms with Crippen LogP contribution in [0.2, 0.25) is 0 Å². The topological polar surface area (TPSA) is 40.9 Å². The zero-order chi connectivity index (χ0) is 9.94. The minimum Gasteiger partial charge on any atom is -0.668 e. The summed E-state index contributed by atoms with van der Waals surface area (Å²) < 4.78 is 0. The standard InChI is InChI=1S/C11H21NO.Na/c1-2-3-4-5-6-7-8-9-10-11(12)13;/h2H,1,3-10H2,(H2,12,13);/q;+1/p-1. The minimum absolute atomic E-state index is 0. The van der Waals surface area contributed by atoms with Crippen LogP contribution in [-0.4, -0.2) is 5.91 Å². The van der Waals surface area contributed by atoms with Crippen molar-refractivity contribution in [1.29, 1.82) is 0 Å². The van der Waals surface area contributed by atoms with E-state index in [1.54, 1.807) is 0 Å². The molecule has 0 aliphatic heterocycles. The van der Waals surface area contributed by atoms with Gasteiger partial charge in [-0.15, -0.1) is 6.58 Å². The first kappa shape index (κ1) is 16.6. The molecule has 0 aromatic rings. The van der Waals surface area contributed by atoms with E-state index >= 15 is 0 Å². The van der Waals surface area contributed by atoms with Crippen LogP contribution < -0.4 is 29.6 Å². The van der Waals surface area contributed by atoms with E-state index in [0.29, 0.717) is 6.42 Å². The van der Waals surface area contributed by atoms with Gasteiger partial charge in [-0.2, -0.15) is 0 Å². The molecule has 3 heteroatoms. The molecule has 0 rings (SSSR count). The molecule has 14 heavy (non-hydrogen) atoms. The Labute approximate surface area is 110 Å². The summed E-state index contributed by atoms with van der Waals surface area (Å²) in [6.45, 7) is 3.67. The maximum atomic E-state index is 10.3. The van der Waals surface area contributed by atoms with Crippen molar-refractivity contribution in [3.8, 4) is 0 Å².